The van der Waals surface area contributed by atoms with Crippen LogP contribution in [0.1, 0.15) is 51.4 Å². The highest BCUT2D eigenvalue weighted by Gasteiger charge is 2.27. The zero-order valence-electron chi connectivity index (χ0n) is 12.1. The Kier molecular flexibility index (Phi) is 15.4. The quantitative estimate of drug-likeness (QED) is 0.236. The molecular weight excluding hydrogens is 322 g/mol. The van der Waals surface area contributed by atoms with Crippen LogP contribution in [0.2, 0.25) is 0 Å². The summed E-state index contributed by atoms with van der Waals surface area (Å²) in [4.78, 5) is 31.0. The van der Waals surface area contributed by atoms with Gasteiger partial charge in [0, 0.05) is 0 Å². The highest BCUT2D eigenvalue weighted by molar-refractivity contribution is 7.60. The molecule has 0 amide bonds. The van der Waals surface area contributed by atoms with E-state index in [2.05, 4.69) is 4.31 Å². The molecule has 0 bridgehead atoms. The minimum atomic E-state index is -5.05. The molecule has 0 aromatic carbocycles. The fraction of sp³-hybridized carbons (Fsp3) is 1.00. The van der Waals surface area contributed by atoms with E-state index in [9.17, 15) is 9.13 Å². The second-order valence-electron chi connectivity index (χ2n) is 4.47. The summed E-state index contributed by atoms with van der Waals surface area (Å²) in [6.07, 6.45) is 10.5. The molecule has 0 aliphatic rings. The summed E-state index contributed by atoms with van der Waals surface area (Å²) >= 11 is 0. The van der Waals surface area contributed by atoms with Crippen molar-refractivity contribution in [1.29, 1.82) is 0 Å². The molecule has 0 radical (unpaired) electrons. The lowest BCUT2D eigenvalue weighted by molar-refractivity contribution is 0.225. The number of hydrogen-bond donors (Lipinski definition) is 6. The molecule has 8 N–H and O–H groups in total. The first-order valence-electron chi connectivity index (χ1n) is 6.85. The Hall–Kier alpha value is 0.180. The van der Waals surface area contributed by atoms with Gasteiger partial charge < -0.3 is 31.0 Å². The number of rotatable bonds is 11. The Labute approximate surface area is 125 Å². The molecule has 130 valence electrons. The van der Waals surface area contributed by atoms with Crippen molar-refractivity contribution in [2.45, 2.75) is 51.4 Å². The second kappa shape index (κ2) is 13.8. The molecule has 9 nitrogen and oxygen atoms in total. The zero-order valence-corrected chi connectivity index (χ0v) is 13.9. The van der Waals surface area contributed by atoms with Crippen LogP contribution in [0.15, 0.2) is 0 Å². The standard InChI is InChI=1S/C10H24N2.H4O7P2/c11-9-7-5-3-1-2-4-6-8-10-12;1-8(2,3)7-9(4,5)6/h1-12H2;(H2,1,2,3)(H2,4,5,6). The number of hydrogen-bond acceptors (Lipinski definition) is 5. The Bertz CT molecular complexity index is 289. The van der Waals surface area contributed by atoms with Gasteiger partial charge in [0.1, 0.15) is 0 Å². The third-order valence-electron chi connectivity index (χ3n) is 2.37. The Morgan fingerprint density at radius 3 is 1.00 bits per heavy atom. The van der Waals surface area contributed by atoms with Crippen molar-refractivity contribution < 1.29 is 33.0 Å². The van der Waals surface area contributed by atoms with Crippen molar-refractivity contribution in [1.82, 2.24) is 0 Å². The summed E-state index contributed by atoms with van der Waals surface area (Å²) in [6, 6.07) is 0. The van der Waals surface area contributed by atoms with Gasteiger partial charge in [0.2, 0.25) is 0 Å². The summed E-state index contributed by atoms with van der Waals surface area (Å²) in [7, 11) is -10.1. The molecule has 0 fully saturated rings. The van der Waals surface area contributed by atoms with Gasteiger partial charge in [0.05, 0.1) is 0 Å². The topological polar surface area (TPSA) is 176 Å². The van der Waals surface area contributed by atoms with Gasteiger partial charge in [-0.15, -0.1) is 0 Å². The van der Waals surface area contributed by atoms with Gasteiger partial charge in [0.15, 0.2) is 0 Å². The highest BCUT2D eigenvalue weighted by Crippen LogP contribution is 2.53. The summed E-state index contributed by atoms with van der Waals surface area (Å²) in [5.41, 5.74) is 10.8. The van der Waals surface area contributed by atoms with Crippen molar-refractivity contribution in [3.63, 3.8) is 0 Å². The third-order valence-corrected chi connectivity index (χ3v) is 4.07. The summed E-state index contributed by atoms with van der Waals surface area (Å²) in [5.74, 6) is 0. The average Bonchev–Trinajstić information content (AvgIpc) is 2.29. The Morgan fingerprint density at radius 1 is 0.619 bits per heavy atom. The predicted molar refractivity (Wildman–Crippen MR) is 80.2 cm³/mol. The first-order chi connectivity index (χ1) is 9.62. The van der Waals surface area contributed by atoms with Crippen molar-refractivity contribution in [3.8, 4) is 0 Å². The van der Waals surface area contributed by atoms with Gasteiger partial charge in [-0.2, -0.15) is 4.31 Å². The first kappa shape index (κ1) is 23.4. The molecule has 0 heterocycles. The van der Waals surface area contributed by atoms with Crippen molar-refractivity contribution in [2.75, 3.05) is 13.1 Å². The van der Waals surface area contributed by atoms with E-state index >= 15 is 0 Å². The number of unbranched alkanes of at least 4 members (excludes halogenated alkanes) is 7. The van der Waals surface area contributed by atoms with Gasteiger partial charge in [-0.25, -0.2) is 9.13 Å². The average molecular weight is 350 g/mol. The molecule has 0 rings (SSSR count). The van der Waals surface area contributed by atoms with Crippen LogP contribution in [0.5, 0.6) is 0 Å². The van der Waals surface area contributed by atoms with Crippen LogP contribution in [0.4, 0.5) is 0 Å². The summed E-state index contributed by atoms with van der Waals surface area (Å²) in [5, 5.41) is 0. The summed E-state index contributed by atoms with van der Waals surface area (Å²) < 4.78 is 22.2. The molecule has 0 saturated carbocycles. The molecule has 0 atom stereocenters. The molecule has 0 unspecified atom stereocenters. The molecular formula is C10H28N2O7P2. The van der Waals surface area contributed by atoms with E-state index in [-0.39, 0.29) is 0 Å². The van der Waals surface area contributed by atoms with Gasteiger partial charge in [0.25, 0.3) is 0 Å². The fourth-order valence-corrected chi connectivity index (χ4v) is 2.60. The van der Waals surface area contributed by atoms with E-state index in [4.69, 9.17) is 31.0 Å². The Morgan fingerprint density at radius 2 is 0.857 bits per heavy atom. The lowest BCUT2D eigenvalue weighted by atomic mass is 10.1. The maximum absolute atomic E-state index is 9.63. The molecule has 11 heteroatoms. The molecule has 0 aromatic heterocycles. The lowest BCUT2D eigenvalue weighted by Gasteiger charge is -2.03. The van der Waals surface area contributed by atoms with E-state index in [1.165, 1.54) is 51.4 Å². The highest BCUT2D eigenvalue weighted by atomic mass is 31.3. The summed E-state index contributed by atoms with van der Waals surface area (Å²) in [6.45, 7) is 1.71. The molecule has 0 aromatic rings. The smallest absolute Gasteiger partial charge is 0.330 e. The van der Waals surface area contributed by atoms with Gasteiger partial charge in [-0.05, 0) is 25.9 Å². The minimum Gasteiger partial charge on any atom is -0.330 e. The number of phosphoric acid groups is 2. The SMILES string of the molecule is NCCCCCCCCCCN.O=P(O)(O)OP(=O)(O)O. The molecule has 0 aliphatic heterocycles. The zero-order chi connectivity index (χ0) is 16.8. The van der Waals surface area contributed by atoms with E-state index < -0.39 is 15.6 Å². The predicted octanol–water partition coefficient (Wildman–Crippen LogP) is 1.21. The van der Waals surface area contributed by atoms with Crippen LogP contribution in [0, 0.1) is 0 Å². The molecule has 0 aliphatic carbocycles. The van der Waals surface area contributed by atoms with E-state index in [1.54, 1.807) is 0 Å². The van der Waals surface area contributed by atoms with Crippen molar-refractivity contribution in [2.24, 2.45) is 11.5 Å². The van der Waals surface area contributed by atoms with Crippen LogP contribution in [0.25, 0.3) is 0 Å². The van der Waals surface area contributed by atoms with E-state index in [0.717, 1.165) is 13.1 Å². The van der Waals surface area contributed by atoms with E-state index in [0.29, 0.717) is 0 Å². The van der Waals surface area contributed by atoms with Gasteiger partial charge in [-0.1, -0.05) is 38.5 Å². The molecule has 0 saturated heterocycles. The maximum atomic E-state index is 9.63. The van der Waals surface area contributed by atoms with Crippen LogP contribution < -0.4 is 11.5 Å². The Balaban J connectivity index is 0. The largest absolute Gasteiger partial charge is 0.478 e. The minimum absolute atomic E-state index is 0.854. The normalized spacial score (nSPS) is 11.9. The van der Waals surface area contributed by atoms with E-state index in [1.807, 2.05) is 0 Å². The molecule has 0 spiro atoms. The first-order valence-corrected chi connectivity index (χ1v) is 9.91. The lowest BCUT2D eigenvalue weighted by Crippen LogP contribution is -1.98. The van der Waals surface area contributed by atoms with Crippen molar-refractivity contribution >= 4 is 15.6 Å². The molecule has 21 heavy (non-hydrogen) atoms. The maximum Gasteiger partial charge on any atom is 0.478 e. The monoisotopic (exact) mass is 350 g/mol. The van der Waals surface area contributed by atoms with Crippen LogP contribution in [-0.2, 0) is 13.4 Å². The van der Waals surface area contributed by atoms with Crippen LogP contribution in [0.3, 0.4) is 0 Å². The second-order valence-corrected chi connectivity index (χ2v) is 7.08. The van der Waals surface area contributed by atoms with Crippen molar-refractivity contribution in [3.05, 3.63) is 0 Å². The van der Waals surface area contributed by atoms with Gasteiger partial charge in [-0.3, -0.25) is 0 Å². The fourth-order valence-electron chi connectivity index (χ4n) is 1.49. The van der Waals surface area contributed by atoms with Crippen LogP contribution in [-0.4, -0.2) is 32.7 Å². The van der Waals surface area contributed by atoms with Crippen LogP contribution >= 0.6 is 15.6 Å². The van der Waals surface area contributed by atoms with Gasteiger partial charge >= 0.3 is 15.6 Å². The number of nitrogens with two attached hydrogens (primary N) is 2. The third kappa shape index (κ3) is 28.9.